The topological polar surface area (TPSA) is 99.6 Å². The van der Waals surface area contributed by atoms with Crippen molar-refractivity contribution in [3.63, 3.8) is 0 Å². The molecular formula is C10H20N4. The molecule has 14 heavy (non-hydrogen) atoms. The van der Waals surface area contributed by atoms with E-state index in [1.165, 1.54) is 0 Å². The van der Waals surface area contributed by atoms with Gasteiger partial charge in [0, 0.05) is 12.1 Å². The van der Waals surface area contributed by atoms with E-state index >= 15 is 0 Å². The van der Waals surface area contributed by atoms with E-state index in [1.807, 2.05) is 26.0 Å². The van der Waals surface area contributed by atoms with Crippen LogP contribution in [-0.4, -0.2) is 12.1 Å². The molecule has 0 amide bonds. The van der Waals surface area contributed by atoms with Crippen LogP contribution in [0.2, 0.25) is 0 Å². The first-order valence-electron chi connectivity index (χ1n) is 4.87. The standard InChI is InChI=1S/2C5H10N2/c2*1-2-5(7)3-4-6/h2*5H,2-3,7H2,1H3/t2*5-/m10/s1. The van der Waals surface area contributed by atoms with Crippen molar-refractivity contribution >= 4 is 0 Å². The average Bonchev–Trinajstić information content (AvgIpc) is 2.19. The first-order valence-corrected chi connectivity index (χ1v) is 4.87. The van der Waals surface area contributed by atoms with Crippen molar-refractivity contribution in [2.75, 3.05) is 0 Å². The lowest BCUT2D eigenvalue weighted by Gasteiger charge is -1.97. The monoisotopic (exact) mass is 196 g/mol. The van der Waals surface area contributed by atoms with E-state index in [1.54, 1.807) is 0 Å². The minimum Gasteiger partial charge on any atom is -0.327 e. The lowest BCUT2D eigenvalue weighted by Crippen LogP contribution is -2.16. The van der Waals surface area contributed by atoms with Gasteiger partial charge < -0.3 is 11.5 Å². The molecule has 0 fully saturated rings. The maximum Gasteiger partial charge on any atom is 0.0638 e. The van der Waals surface area contributed by atoms with Crippen molar-refractivity contribution in [2.24, 2.45) is 11.5 Å². The second-order valence-corrected chi connectivity index (χ2v) is 3.06. The highest BCUT2D eigenvalue weighted by Crippen LogP contribution is 1.89. The molecule has 0 heterocycles. The maximum absolute atomic E-state index is 8.04. The summed E-state index contributed by atoms with van der Waals surface area (Å²) in [5.74, 6) is 0. The number of rotatable bonds is 4. The Morgan fingerprint density at radius 3 is 1.29 bits per heavy atom. The summed E-state index contributed by atoms with van der Waals surface area (Å²) < 4.78 is 0. The Balaban J connectivity index is 0. The van der Waals surface area contributed by atoms with Crippen LogP contribution >= 0.6 is 0 Å². The molecule has 0 rings (SSSR count). The molecule has 0 aromatic carbocycles. The second kappa shape index (κ2) is 11.9. The highest BCUT2D eigenvalue weighted by molar-refractivity contribution is 4.76. The van der Waals surface area contributed by atoms with Gasteiger partial charge in [0.2, 0.25) is 0 Å². The summed E-state index contributed by atoms with van der Waals surface area (Å²) in [6, 6.07) is 4.16. The normalized spacial score (nSPS) is 12.7. The Hall–Kier alpha value is -1.10. The highest BCUT2D eigenvalue weighted by Gasteiger charge is 1.93. The van der Waals surface area contributed by atoms with Gasteiger partial charge in [-0.2, -0.15) is 10.5 Å². The SMILES string of the molecule is CC[C@@H](N)CC#N.CC[C@H](N)CC#N. The largest absolute Gasteiger partial charge is 0.327 e. The fraction of sp³-hybridized carbons (Fsp3) is 0.800. The van der Waals surface area contributed by atoms with E-state index in [-0.39, 0.29) is 12.1 Å². The summed E-state index contributed by atoms with van der Waals surface area (Å²) >= 11 is 0. The Morgan fingerprint density at radius 1 is 0.929 bits per heavy atom. The summed E-state index contributed by atoms with van der Waals surface area (Å²) in [6.07, 6.45) is 2.76. The Kier molecular flexibility index (Phi) is 13.1. The van der Waals surface area contributed by atoms with Crippen LogP contribution in [0.4, 0.5) is 0 Å². The fourth-order valence-electron chi connectivity index (χ4n) is 0.523. The van der Waals surface area contributed by atoms with Gasteiger partial charge in [0.15, 0.2) is 0 Å². The lowest BCUT2D eigenvalue weighted by atomic mass is 10.2. The summed E-state index contributed by atoms with van der Waals surface area (Å²) in [5.41, 5.74) is 10.7. The molecule has 0 aromatic rings. The minimum atomic E-state index is 0.0880. The van der Waals surface area contributed by atoms with Crippen LogP contribution < -0.4 is 11.5 Å². The number of hydrogen-bond donors (Lipinski definition) is 2. The van der Waals surface area contributed by atoms with Crippen LogP contribution in [-0.2, 0) is 0 Å². The Morgan fingerprint density at radius 2 is 1.21 bits per heavy atom. The Labute approximate surface area is 86.5 Å². The zero-order valence-electron chi connectivity index (χ0n) is 9.03. The molecule has 0 aliphatic carbocycles. The first-order chi connectivity index (χ1) is 6.62. The van der Waals surface area contributed by atoms with Crippen LogP contribution in [0.3, 0.4) is 0 Å². The number of nitrogens with two attached hydrogens (primary N) is 2. The van der Waals surface area contributed by atoms with Gasteiger partial charge in [0.05, 0.1) is 25.0 Å². The van der Waals surface area contributed by atoms with Crippen LogP contribution in [0.5, 0.6) is 0 Å². The van der Waals surface area contributed by atoms with E-state index in [0.717, 1.165) is 12.8 Å². The minimum absolute atomic E-state index is 0.0880. The third kappa shape index (κ3) is 13.5. The van der Waals surface area contributed by atoms with Crippen molar-refractivity contribution < 1.29 is 0 Å². The molecule has 2 atom stereocenters. The van der Waals surface area contributed by atoms with E-state index in [9.17, 15) is 0 Å². The molecule has 80 valence electrons. The number of nitrogens with zero attached hydrogens (tertiary/aromatic N) is 2. The van der Waals surface area contributed by atoms with Gasteiger partial charge in [0.25, 0.3) is 0 Å². The second-order valence-electron chi connectivity index (χ2n) is 3.06. The molecule has 0 aliphatic rings. The predicted octanol–water partition coefficient (Wildman–Crippen LogP) is 1.27. The Bertz CT molecular complexity index is 167. The van der Waals surface area contributed by atoms with Gasteiger partial charge in [-0.15, -0.1) is 0 Å². The smallest absolute Gasteiger partial charge is 0.0638 e. The van der Waals surface area contributed by atoms with Crippen LogP contribution in [0, 0.1) is 22.7 Å². The van der Waals surface area contributed by atoms with Gasteiger partial charge in [-0.25, -0.2) is 0 Å². The zero-order chi connectivity index (χ0) is 11.4. The molecule has 4 heteroatoms. The third-order valence-electron chi connectivity index (χ3n) is 1.76. The molecule has 4 nitrogen and oxygen atoms in total. The first kappa shape index (κ1) is 15.4. The molecule has 0 radical (unpaired) electrons. The third-order valence-corrected chi connectivity index (χ3v) is 1.76. The van der Waals surface area contributed by atoms with Crippen LogP contribution in [0.1, 0.15) is 39.5 Å². The maximum atomic E-state index is 8.04. The molecule has 0 bridgehead atoms. The molecule has 0 aromatic heterocycles. The van der Waals surface area contributed by atoms with Crippen molar-refractivity contribution in [3.05, 3.63) is 0 Å². The van der Waals surface area contributed by atoms with E-state index in [0.29, 0.717) is 12.8 Å². The van der Waals surface area contributed by atoms with E-state index in [4.69, 9.17) is 22.0 Å². The molecular weight excluding hydrogens is 176 g/mol. The summed E-state index contributed by atoms with van der Waals surface area (Å²) in [4.78, 5) is 0. The fourth-order valence-corrected chi connectivity index (χ4v) is 0.523. The van der Waals surface area contributed by atoms with Crippen molar-refractivity contribution in [1.29, 1.82) is 10.5 Å². The van der Waals surface area contributed by atoms with Gasteiger partial charge in [-0.3, -0.25) is 0 Å². The quantitative estimate of drug-likeness (QED) is 0.707. The average molecular weight is 196 g/mol. The zero-order valence-corrected chi connectivity index (χ0v) is 9.03. The van der Waals surface area contributed by atoms with Gasteiger partial charge in [0.1, 0.15) is 0 Å². The summed E-state index contributed by atoms with van der Waals surface area (Å²) in [6.45, 7) is 3.95. The number of nitriles is 2. The van der Waals surface area contributed by atoms with Crippen LogP contribution in [0.25, 0.3) is 0 Å². The summed E-state index contributed by atoms with van der Waals surface area (Å²) in [5, 5.41) is 16.1. The van der Waals surface area contributed by atoms with Gasteiger partial charge in [-0.05, 0) is 12.8 Å². The highest BCUT2D eigenvalue weighted by atomic mass is 14.6. The summed E-state index contributed by atoms with van der Waals surface area (Å²) in [7, 11) is 0. The van der Waals surface area contributed by atoms with Crippen molar-refractivity contribution in [2.45, 2.75) is 51.6 Å². The lowest BCUT2D eigenvalue weighted by molar-refractivity contribution is 0.665. The van der Waals surface area contributed by atoms with E-state index < -0.39 is 0 Å². The van der Waals surface area contributed by atoms with E-state index in [2.05, 4.69) is 0 Å². The molecule has 0 aliphatic heterocycles. The molecule has 0 spiro atoms. The molecule has 0 saturated carbocycles. The van der Waals surface area contributed by atoms with Crippen molar-refractivity contribution in [1.82, 2.24) is 0 Å². The molecule has 4 N–H and O–H groups in total. The molecule has 0 saturated heterocycles. The number of hydrogen-bond acceptors (Lipinski definition) is 4. The van der Waals surface area contributed by atoms with Crippen molar-refractivity contribution in [3.8, 4) is 12.1 Å². The van der Waals surface area contributed by atoms with Crippen LogP contribution in [0.15, 0.2) is 0 Å². The van der Waals surface area contributed by atoms with Gasteiger partial charge >= 0.3 is 0 Å². The predicted molar refractivity (Wildman–Crippen MR) is 57.0 cm³/mol. The van der Waals surface area contributed by atoms with Gasteiger partial charge in [-0.1, -0.05) is 13.8 Å². The molecule has 0 unspecified atom stereocenters.